The standard InChI is InChI=1S/C30H21B4N9O2/c1-4-19(31)24(33)25(34)20(32)15-42-27(16(2)38-29(44)23-26(35)40-43-12-6-11-36-28(23)43)39-21-8-5-7-18(22(21)30(42)45)10-9-17-13-37-41(3)14-17/h1,5-8,11-14,16H,15H2,2-3H3,(H2,35,40)(H,38,44)/b24-19-,25-20-/t16-/m1/s1. The SMILES string of the molecule is [B]/C(C#C)=C([B])/C([B])=C(/[B])Cn1c([C@@H](C)NC(=O)c2c(N)nn3cccnc23)nc2cccc(C#Cc3cnn(C)c3)c2c1=O. The van der Waals surface area contributed by atoms with E-state index in [-0.39, 0.29) is 56.7 Å². The maximum atomic E-state index is 14.2. The number of nitrogens with one attached hydrogen (secondary N) is 1. The van der Waals surface area contributed by atoms with Crippen molar-refractivity contribution in [1.29, 1.82) is 0 Å². The molecule has 1 amide bonds. The fourth-order valence-corrected chi connectivity index (χ4v) is 4.60. The van der Waals surface area contributed by atoms with Gasteiger partial charge in [-0.2, -0.15) is 5.10 Å². The zero-order valence-electron chi connectivity index (χ0n) is 24.3. The first kappa shape index (κ1) is 30.8. The zero-order chi connectivity index (χ0) is 32.4. The van der Waals surface area contributed by atoms with Crippen molar-refractivity contribution in [3.8, 4) is 24.2 Å². The van der Waals surface area contributed by atoms with E-state index in [9.17, 15) is 9.59 Å². The summed E-state index contributed by atoms with van der Waals surface area (Å²) in [6, 6.07) is 5.90. The van der Waals surface area contributed by atoms with Crippen LogP contribution >= 0.6 is 0 Å². The van der Waals surface area contributed by atoms with Crippen LogP contribution < -0.4 is 16.6 Å². The number of anilines is 1. The fourth-order valence-electron chi connectivity index (χ4n) is 4.60. The molecule has 4 heterocycles. The largest absolute Gasteiger partial charge is 0.381 e. The molecule has 0 aliphatic rings. The van der Waals surface area contributed by atoms with Crippen LogP contribution in [0.15, 0.2) is 75.7 Å². The number of carbonyl (C=O) groups is 1. The quantitative estimate of drug-likeness (QED) is 0.168. The van der Waals surface area contributed by atoms with E-state index in [2.05, 4.69) is 38.3 Å². The van der Waals surface area contributed by atoms with E-state index in [1.54, 1.807) is 61.5 Å². The van der Waals surface area contributed by atoms with Crippen molar-refractivity contribution in [3.05, 3.63) is 104 Å². The molecule has 45 heavy (non-hydrogen) atoms. The van der Waals surface area contributed by atoms with Crippen molar-refractivity contribution in [3.63, 3.8) is 0 Å². The molecule has 4 aromatic heterocycles. The Hall–Kier alpha value is -5.68. The van der Waals surface area contributed by atoms with E-state index < -0.39 is 17.5 Å². The summed E-state index contributed by atoms with van der Waals surface area (Å²) in [4.78, 5) is 36.6. The Morgan fingerprint density at radius 2 is 1.93 bits per heavy atom. The summed E-state index contributed by atoms with van der Waals surface area (Å²) in [7, 11) is 26.0. The lowest BCUT2D eigenvalue weighted by Gasteiger charge is -2.21. The zero-order valence-corrected chi connectivity index (χ0v) is 24.3. The summed E-state index contributed by atoms with van der Waals surface area (Å²) in [6.45, 7) is 1.38. The number of aromatic nitrogens is 7. The highest BCUT2D eigenvalue weighted by molar-refractivity contribution is 6.44. The third-order valence-electron chi connectivity index (χ3n) is 6.85. The average Bonchev–Trinajstić information content (AvgIpc) is 3.60. The molecule has 0 saturated carbocycles. The minimum absolute atomic E-state index is 0.0104. The highest BCUT2D eigenvalue weighted by atomic mass is 16.2. The van der Waals surface area contributed by atoms with Crippen molar-refractivity contribution < 1.29 is 4.79 Å². The van der Waals surface area contributed by atoms with Gasteiger partial charge in [0.25, 0.3) is 11.5 Å². The van der Waals surface area contributed by atoms with Gasteiger partial charge in [0.1, 0.15) is 42.8 Å². The first-order chi connectivity index (χ1) is 21.5. The number of allylic oxidation sites excluding steroid dienone is 4. The molecule has 5 aromatic rings. The van der Waals surface area contributed by atoms with Gasteiger partial charge in [-0.15, -0.1) is 27.9 Å². The first-order valence-electron chi connectivity index (χ1n) is 13.4. The molecule has 15 heteroatoms. The molecule has 0 saturated heterocycles. The number of nitrogen functional groups attached to an aromatic ring is 1. The number of nitrogens with zero attached hydrogens (tertiary/aromatic N) is 7. The van der Waals surface area contributed by atoms with Crippen LogP contribution in [0.2, 0.25) is 0 Å². The van der Waals surface area contributed by atoms with Gasteiger partial charge in [-0.3, -0.25) is 18.8 Å². The van der Waals surface area contributed by atoms with Crippen LogP contribution in [0.4, 0.5) is 5.82 Å². The first-order valence-corrected chi connectivity index (χ1v) is 13.4. The van der Waals surface area contributed by atoms with Crippen LogP contribution in [0.5, 0.6) is 0 Å². The maximum Gasteiger partial charge on any atom is 0.262 e. The highest BCUT2D eigenvalue weighted by Crippen LogP contribution is 2.21. The van der Waals surface area contributed by atoms with Crippen molar-refractivity contribution in [2.75, 3.05) is 5.73 Å². The minimum Gasteiger partial charge on any atom is -0.381 e. The Morgan fingerprint density at radius 3 is 2.64 bits per heavy atom. The Labute approximate surface area is 263 Å². The highest BCUT2D eigenvalue weighted by Gasteiger charge is 2.24. The molecule has 0 aliphatic carbocycles. The van der Waals surface area contributed by atoms with E-state index in [4.69, 9.17) is 48.5 Å². The molecule has 8 radical (unpaired) electrons. The number of rotatable bonds is 6. The predicted octanol–water partition coefficient (Wildman–Crippen LogP) is 0.376. The maximum absolute atomic E-state index is 14.2. The Bertz CT molecular complexity index is 2230. The normalized spacial score (nSPS) is 12.9. The van der Waals surface area contributed by atoms with Gasteiger partial charge < -0.3 is 11.1 Å². The van der Waals surface area contributed by atoms with Crippen molar-refractivity contribution in [2.45, 2.75) is 19.5 Å². The van der Waals surface area contributed by atoms with E-state index in [1.165, 1.54) is 15.3 Å². The third kappa shape index (κ3) is 6.06. The van der Waals surface area contributed by atoms with Gasteiger partial charge >= 0.3 is 0 Å². The lowest BCUT2D eigenvalue weighted by Crippen LogP contribution is -2.35. The van der Waals surface area contributed by atoms with Crippen LogP contribution in [0.25, 0.3) is 16.6 Å². The van der Waals surface area contributed by atoms with Crippen LogP contribution in [-0.2, 0) is 13.6 Å². The lowest BCUT2D eigenvalue weighted by atomic mass is 9.66. The number of hydrogen-bond acceptors (Lipinski definition) is 7. The Kier molecular flexibility index (Phi) is 8.55. The van der Waals surface area contributed by atoms with Crippen molar-refractivity contribution in [2.24, 2.45) is 7.05 Å². The summed E-state index contributed by atoms with van der Waals surface area (Å²) in [5.41, 5.74) is 6.96. The topological polar surface area (TPSA) is 138 Å². The van der Waals surface area contributed by atoms with Crippen LogP contribution in [0.3, 0.4) is 0 Å². The number of aryl methyl sites for hydroxylation is 1. The van der Waals surface area contributed by atoms with E-state index >= 15 is 0 Å². The molecule has 0 bridgehead atoms. The van der Waals surface area contributed by atoms with Crippen LogP contribution in [0.1, 0.15) is 40.3 Å². The molecule has 0 unspecified atom stereocenters. The monoisotopic (exact) mass is 583 g/mol. The molecule has 0 fully saturated rings. The number of carbonyl (C=O) groups excluding carboxylic acids is 1. The molecule has 3 N–H and O–H groups in total. The number of fused-ring (bicyclic) bond motifs is 2. The summed E-state index contributed by atoms with van der Waals surface area (Å²) >= 11 is 0. The number of nitrogens with two attached hydrogens (primary N) is 1. The second-order valence-corrected chi connectivity index (χ2v) is 9.97. The molecular formula is C30H21B4N9O2. The molecule has 0 spiro atoms. The molecular weight excluding hydrogens is 562 g/mol. The van der Waals surface area contributed by atoms with E-state index in [0.29, 0.717) is 16.6 Å². The van der Waals surface area contributed by atoms with Gasteiger partial charge in [0, 0.05) is 37.7 Å². The van der Waals surface area contributed by atoms with E-state index in [1.807, 2.05) is 0 Å². The molecule has 1 aromatic carbocycles. The van der Waals surface area contributed by atoms with Gasteiger partial charge in [-0.1, -0.05) is 29.3 Å². The number of amides is 1. The van der Waals surface area contributed by atoms with Gasteiger partial charge in [-0.05, 0) is 25.1 Å². The average molecular weight is 583 g/mol. The van der Waals surface area contributed by atoms with Gasteiger partial charge in [0.2, 0.25) is 0 Å². The summed E-state index contributed by atoms with van der Waals surface area (Å²) in [5, 5.41) is 11.3. The molecule has 210 valence electrons. The number of hydrogen-bond donors (Lipinski definition) is 2. The molecule has 1 atom stereocenters. The second-order valence-electron chi connectivity index (χ2n) is 9.97. The molecule has 5 rings (SSSR count). The van der Waals surface area contributed by atoms with Crippen molar-refractivity contribution in [1.82, 2.24) is 39.2 Å². The van der Waals surface area contributed by atoms with Gasteiger partial charge in [0.05, 0.1) is 28.7 Å². The minimum atomic E-state index is -0.851. The Balaban J connectivity index is 1.65. The van der Waals surface area contributed by atoms with Gasteiger partial charge in [-0.25, -0.2) is 14.5 Å². The van der Waals surface area contributed by atoms with E-state index in [0.717, 1.165) is 0 Å². The van der Waals surface area contributed by atoms with Crippen LogP contribution in [-0.4, -0.2) is 71.2 Å². The number of benzene rings is 1. The van der Waals surface area contributed by atoms with Crippen LogP contribution in [0, 0.1) is 24.2 Å². The molecule has 0 aliphatic heterocycles. The molecule has 11 nitrogen and oxygen atoms in total. The third-order valence-corrected chi connectivity index (χ3v) is 6.85. The summed E-state index contributed by atoms with van der Waals surface area (Å²) in [6.07, 6.45) is 11.8. The van der Waals surface area contributed by atoms with Gasteiger partial charge in [0.15, 0.2) is 11.5 Å². The smallest absolute Gasteiger partial charge is 0.262 e. The number of terminal acetylenes is 1. The van der Waals surface area contributed by atoms with Crippen molar-refractivity contribution >= 4 is 59.7 Å². The summed E-state index contributed by atoms with van der Waals surface area (Å²) in [5.74, 6) is 7.81. The second kappa shape index (κ2) is 12.5. The fraction of sp³-hybridized carbons (Fsp3) is 0.133. The lowest BCUT2D eigenvalue weighted by molar-refractivity contribution is 0.0939. The predicted molar refractivity (Wildman–Crippen MR) is 174 cm³/mol. The Morgan fingerprint density at radius 1 is 1.16 bits per heavy atom. The summed E-state index contributed by atoms with van der Waals surface area (Å²) < 4.78 is 4.29.